The minimum absolute atomic E-state index is 0.350. The molecule has 0 atom stereocenters. The third-order valence-corrected chi connectivity index (χ3v) is 3.92. The van der Waals surface area contributed by atoms with Crippen LogP contribution in [-0.4, -0.2) is 24.2 Å². The van der Waals surface area contributed by atoms with Crippen molar-refractivity contribution in [2.24, 2.45) is 0 Å². The minimum Gasteiger partial charge on any atom is -0.478 e. The zero-order valence-corrected chi connectivity index (χ0v) is 11.7. The molecule has 2 rings (SSSR count). The van der Waals surface area contributed by atoms with Crippen molar-refractivity contribution in [2.45, 2.75) is 38.1 Å². The number of rotatable bonds is 4. The molecule has 0 radical (unpaired) electrons. The van der Waals surface area contributed by atoms with Gasteiger partial charge in [-0.05, 0) is 31.1 Å². The Morgan fingerprint density at radius 1 is 1.35 bits per heavy atom. The van der Waals surface area contributed by atoms with Crippen LogP contribution in [0.1, 0.15) is 37.7 Å². The lowest BCUT2D eigenvalue weighted by molar-refractivity contribution is -0.131. The van der Waals surface area contributed by atoms with Crippen LogP contribution < -0.4 is 4.90 Å². The average Bonchev–Trinajstić information content (AvgIpc) is 2.45. The molecule has 20 heavy (non-hydrogen) atoms. The van der Waals surface area contributed by atoms with Gasteiger partial charge in [-0.2, -0.15) is 0 Å². The molecule has 1 aliphatic carbocycles. The van der Waals surface area contributed by atoms with E-state index in [0.717, 1.165) is 24.6 Å². The van der Waals surface area contributed by atoms with Crippen LogP contribution in [0.3, 0.4) is 0 Å². The summed E-state index contributed by atoms with van der Waals surface area (Å²) in [4.78, 5) is 12.7. The minimum atomic E-state index is -1.07. The zero-order chi connectivity index (χ0) is 14.5. The van der Waals surface area contributed by atoms with Crippen molar-refractivity contribution in [1.29, 1.82) is 0 Å². The van der Waals surface area contributed by atoms with Gasteiger partial charge >= 0.3 is 5.97 Å². The van der Waals surface area contributed by atoms with Crippen molar-refractivity contribution in [3.63, 3.8) is 0 Å². The van der Waals surface area contributed by atoms with Gasteiger partial charge < -0.3 is 10.0 Å². The fourth-order valence-electron chi connectivity index (χ4n) is 2.82. The molecule has 0 heterocycles. The summed E-state index contributed by atoms with van der Waals surface area (Å²) < 4.78 is 14.0. The van der Waals surface area contributed by atoms with Crippen LogP contribution >= 0.6 is 0 Å². The van der Waals surface area contributed by atoms with Crippen LogP contribution in [0.4, 0.5) is 10.1 Å². The number of anilines is 1. The molecule has 1 aromatic carbocycles. The molecule has 1 aromatic rings. The molecule has 1 N–H and O–H groups in total. The van der Waals surface area contributed by atoms with Crippen LogP contribution in [-0.2, 0) is 4.79 Å². The molecule has 4 heteroatoms. The Morgan fingerprint density at radius 3 is 2.70 bits per heavy atom. The zero-order valence-electron chi connectivity index (χ0n) is 11.7. The number of aliphatic carboxylic acids is 1. The summed E-state index contributed by atoms with van der Waals surface area (Å²) in [6.07, 6.45) is 8.20. The number of carboxylic acids is 1. The van der Waals surface area contributed by atoms with Gasteiger partial charge in [0.1, 0.15) is 5.82 Å². The first-order valence-corrected chi connectivity index (χ1v) is 7.02. The molecule has 0 bridgehead atoms. The van der Waals surface area contributed by atoms with E-state index in [1.165, 1.54) is 31.4 Å². The molecule has 0 spiro atoms. The van der Waals surface area contributed by atoms with E-state index in [1.54, 1.807) is 6.07 Å². The molecule has 1 saturated carbocycles. The van der Waals surface area contributed by atoms with Crippen LogP contribution in [0, 0.1) is 5.82 Å². The van der Waals surface area contributed by atoms with E-state index in [9.17, 15) is 9.18 Å². The first-order valence-electron chi connectivity index (χ1n) is 7.02. The van der Waals surface area contributed by atoms with E-state index in [2.05, 4.69) is 4.90 Å². The van der Waals surface area contributed by atoms with Gasteiger partial charge in [-0.25, -0.2) is 9.18 Å². The fourth-order valence-corrected chi connectivity index (χ4v) is 2.82. The van der Waals surface area contributed by atoms with Crippen molar-refractivity contribution in [3.8, 4) is 0 Å². The molecule has 1 fully saturated rings. The van der Waals surface area contributed by atoms with E-state index < -0.39 is 5.97 Å². The lowest BCUT2D eigenvalue weighted by Gasteiger charge is -2.34. The number of carboxylic acid groups (broad SMARTS) is 1. The molecule has 0 aliphatic heterocycles. The maximum Gasteiger partial charge on any atom is 0.328 e. The molecular formula is C16H20FNO2. The molecule has 108 valence electrons. The maximum absolute atomic E-state index is 14.0. The predicted molar refractivity (Wildman–Crippen MR) is 78.3 cm³/mol. The van der Waals surface area contributed by atoms with Crippen molar-refractivity contribution < 1.29 is 14.3 Å². The average molecular weight is 277 g/mol. The topological polar surface area (TPSA) is 40.5 Å². The Balaban J connectivity index is 2.29. The van der Waals surface area contributed by atoms with E-state index in [4.69, 9.17) is 5.11 Å². The molecule has 0 saturated heterocycles. The molecular weight excluding hydrogens is 257 g/mol. The Hall–Kier alpha value is -1.84. The fraction of sp³-hybridized carbons (Fsp3) is 0.438. The summed E-state index contributed by atoms with van der Waals surface area (Å²) >= 11 is 0. The maximum atomic E-state index is 14.0. The van der Waals surface area contributed by atoms with E-state index in [1.807, 2.05) is 13.1 Å². The quantitative estimate of drug-likeness (QED) is 0.853. The summed E-state index contributed by atoms with van der Waals surface area (Å²) in [7, 11) is 1.96. The van der Waals surface area contributed by atoms with Gasteiger partial charge in [-0.1, -0.05) is 25.3 Å². The van der Waals surface area contributed by atoms with Gasteiger partial charge in [0, 0.05) is 30.4 Å². The Morgan fingerprint density at radius 2 is 2.05 bits per heavy atom. The number of hydrogen-bond acceptors (Lipinski definition) is 2. The summed E-state index contributed by atoms with van der Waals surface area (Å²) in [5.74, 6) is -1.46. The molecule has 0 unspecified atom stereocenters. The molecule has 1 aliphatic rings. The van der Waals surface area contributed by atoms with Gasteiger partial charge in [0.25, 0.3) is 0 Å². The Bertz CT molecular complexity index is 507. The SMILES string of the molecule is CN(c1cccc(F)c1/C=C/C(=O)O)C1CCCCC1. The second-order valence-electron chi connectivity index (χ2n) is 5.25. The van der Waals surface area contributed by atoms with Crippen molar-refractivity contribution in [2.75, 3.05) is 11.9 Å². The lowest BCUT2D eigenvalue weighted by atomic mass is 9.93. The van der Waals surface area contributed by atoms with Crippen molar-refractivity contribution >= 4 is 17.7 Å². The smallest absolute Gasteiger partial charge is 0.328 e. The molecule has 0 aromatic heterocycles. The summed E-state index contributed by atoms with van der Waals surface area (Å²) in [5, 5.41) is 8.72. The van der Waals surface area contributed by atoms with Crippen LogP contribution in [0.2, 0.25) is 0 Å². The van der Waals surface area contributed by atoms with Gasteiger partial charge in [0.05, 0.1) is 0 Å². The van der Waals surface area contributed by atoms with E-state index >= 15 is 0 Å². The first kappa shape index (κ1) is 14.6. The first-order chi connectivity index (χ1) is 9.59. The Kier molecular flexibility index (Phi) is 4.77. The third kappa shape index (κ3) is 3.38. The summed E-state index contributed by atoms with van der Waals surface area (Å²) in [6, 6.07) is 5.28. The Labute approximate surface area is 118 Å². The number of nitrogens with zero attached hydrogens (tertiary/aromatic N) is 1. The number of benzene rings is 1. The summed E-state index contributed by atoms with van der Waals surface area (Å²) in [6.45, 7) is 0. The van der Waals surface area contributed by atoms with E-state index in [-0.39, 0.29) is 5.82 Å². The van der Waals surface area contributed by atoms with Crippen LogP contribution in [0.25, 0.3) is 6.08 Å². The van der Waals surface area contributed by atoms with Gasteiger partial charge in [-0.3, -0.25) is 0 Å². The second-order valence-corrected chi connectivity index (χ2v) is 5.25. The highest BCUT2D eigenvalue weighted by Gasteiger charge is 2.20. The number of carbonyl (C=O) groups is 1. The number of hydrogen-bond donors (Lipinski definition) is 1. The third-order valence-electron chi connectivity index (χ3n) is 3.92. The lowest BCUT2D eigenvalue weighted by Crippen LogP contribution is -2.33. The largest absolute Gasteiger partial charge is 0.478 e. The number of halogens is 1. The molecule has 3 nitrogen and oxygen atoms in total. The molecule has 0 amide bonds. The predicted octanol–water partition coefficient (Wildman–Crippen LogP) is 3.69. The monoisotopic (exact) mass is 277 g/mol. The van der Waals surface area contributed by atoms with E-state index in [0.29, 0.717) is 11.6 Å². The highest BCUT2D eigenvalue weighted by Crippen LogP contribution is 2.30. The van der Waals surface area contributed by atoms with Gasteiger partial charge in [0.2, 0.25) is 0 Å². The standard InChI is InChI=1S/C16H20FNO2/c1-18(12-6-3-2-4-7-12)15-9-5-8-14(17)13(15)10-11-16(19)20/h5,8-12H,2-4,6-7H2,1H3,(H,19,20)/b11-10+. The van der Waals surface area contributed by atoms with Gasteiger partial charge in [-0.15, -0.1) is 0 Å². The highest BCUT2D eigenvalue weighted by molar-refractivity contribution is 5.87. The highest BCUT2D eigenvalue weighted by atomic mass is 19.1. The van der Waals surface area contributed by atoms with Gasteiger partial charge in [0.15, 0.2) is 0 Å². The summed E-state index contributed by atoms with van der Waals surface area (Å²) in [5.41, 5.74) is 1.11. The van der Waals surface area contributed by atoms with Crippen molar-refractivity contribution in [3.05, 3.63) is 35.7 Å². The second kappa shape index (κ2) is 6.55. The van der Waals surface area contributed by atoms with Crippen molar-refractivity contribution in [1.82, 2.24) is 0 Å². The van der Waals surface area contributed by atoms with Crippen LogP contribution in [0.15, 0.2) is 24.3 Å². The van der Waals surface area contributed by atoms with Crippen LogP contribution in [0.5, 0.6) is 0 Å². The normalized spacial score (nSPS) is 16.5.